The molecule has 0 atom stereocenters. The molecule has 0 spiro atoms. The highest BCUT2D eigenvalue weighted by Crippen LogP contribution is 2.29. The number of tetrazole rings is 1. The summed E-state index contributed by atoms with van der Waals surface area (Å²) in [7, 11) is 3.12. The SMILES string of the molecule is COc1ccc(OC)c(NC(=O)CSCc2nnnn2-c2ccccc2)c1. The predicted molar refractivity (Wildman–Crippen MR) is 103 cm³/mol. The van der Waals surface area contributed by atoms with Crippen LogP contribution in [-0.2, 0) is 10.5 Å². The van der Waals surface area contributed by atoms with Crippen molar-refractivity contribution in [3.63, 3.8) is 0 Å². The van der Waals surface area contributed by atoms with E-state index in [1.165, 1.54) is 11.8 Å². The molecule has 1 amide bonds. The molecule has 3 rings (SSSR count). The third kappa shape index (κ3) is 4.76. The van der Waals surface area contributed by atoms with Crippen LogP contribution < -0.4 is 14.8 Å². The van der Waals surface area contributed by atoms with Gasteiger partial charge in [-0.05, 0) is 34.7 Å². The molecule has 3 aromatic rings. The van der Waals surface area contributed by atoms with Crippen LogP contribution in [0.1, 0.15) is 5.82 Å². The number of hydrogen-bond acceptors (Lipinski definition) is 7. The number of benzene rings is 2. The average Bonchev–Trinajstić information content (AvgIpc) is 3.17. The molecule has 2 aromatic carbocycles. The number of nitrogens with one attached hydrogen (secondary N) is 1. The molecule has 0 bridgehead atoms. The number of methoxy groups -OCH3 is 2. The summed E-state index contributed by atoms with van der Waals surface area (Å²) in [5, 5.41) is 14.6. The molecule has 0 saturated carbocycles. The first kappa shape index (κ1) is 18.7. The van der Waals surface area contributed by atoms with E-state index >= 15 is 0 Å². The maximum atomic E-state index is 12.3. The standard InChI is InChI=1S/C18H19N5O3S/c1-25-14-8-9-16(26-2)15(10-14)19-18(24)12-27-11-17-20-21-22-23(17)13-6-4-3-5-7-13/h3-10H,11-12H2,1-2H3,(H,19,24). The molecule has 0 saturated heterocycles. The van der Waals surface area contributed by atoms with Gasteiger partial charge in [0.15, 0.2) is 5.82 Å². The van der Waals surface area contributed by atoms with Crippen LogP contribution in [0.25, 0.3) is 5.69 Å². The highest BCUT2D eigenvalue weighted by Gasteiger charge is 2.12. The van der Waals surface area contributed by atoms with Gasteiger partial charge in [-0.25, -0.2) is 0 Å². The first-order valence-corrected chi connectivity index (χ1v) is 9.29. The number of amides is 1. The molecular formula is C18H19N5O3S. The van der Waals surface area contributed by atoms with Gasteiger partial charge in [0, 0.05) is 6.07 Å². The summed E-state index contributed by atoms with van der Waals surface area (Å²) >= 11 is 1.42. The first-order chi connectivity index (χ1) is 13.2. The molecule has 8 nitrogen and oxygen atoms in total. The molecular weight excluding hydrogens is 366 g/mol. The van der Waals surface area contributed by atoms with E-state index < -0.39 is 0 Å². The van der Waals surface area contributed by atoms with Crippen molar-refractivity contribution in [3.8, 4) is 17.2 Å². The summed E-state index contributed by atoms with van der Waals surface area (Å²) in [5.74, 6) is 2.50. The largest absolute Gasteiger partial charge is 0.497 e. The smallest absolute Gasteiger partial charge is 0.234 e. The number of ether oxygens (including phenoxy) is 2. The zero-order valence-electron chi connectivity index (χ0n) is 15.0. The van der Waals surface area contributed by atoms with E-state index in [4.69, 9.17) is 9.47 Å². The highest BCUT2D eigenvalue weighted by atomic mass is 32.2. The van der Waals surface area contributed by atoms with Crippen LogP contribution in [0.5, 0.6) is 11.5 Å². The van der Waals surface area contributed by atoms with Gasteiger partial charge in [-0.15, -0.1) is 16.9 Å². The Hall–Kier alpha value is -3.07. The third-order valence-corrected chi connectivity index (χ3v) is 4.61. The summed E-state index contributed by atoms with van der Waals surface area (Å²) in [4.78, 5) is 12.3. The Morgan fingerprint density at radius 2 is 1.96 bits per heavy atom. The summed E-state index contributed by atoms with van der Waals surface area (Å²) < 4.78 is 12.1. The van der Waals surface area contributed by atoms with Crippen molar-refractivity contribution >= 4 is 23.4 Å². The maximum Gasteiger partial charge on any atom is 0.234 e. The molecule has 0 unspecified atom stereocenters. The lowest BCUT2D eigenvalue weighted by atomic mass is 10.2. The van der Waals surface area contributed by atoms with E-state index in [0.717, 1.165) is 5.69 Å². The van der Waals surface area contributed by atoms with Crippen molar-refractivity contribution in [3.05, 3.63) is 54.4 Å². The molecule has 0 aliphatic carbocycles. The number of hydrogen-bond donors (Lipinski definition) is 1. The highest BCUT2D eigenvalue weighted by molar-refractivity contribution is 7.99. The van der Waals surface area contributed by atoms with Gasteiger partial charge in [0.1, 0.15) is 11.5 Å². The van der Waals surface area contributed by atoms with Gasteiger partial charge in [0.2, 0.25) is 5.91 Å². The second-order valence-electron chi connectivity index (χ2n) is 5.45. The van der Waals surface area contributed by atoms with Gasteiger partial charge in [-0.1, -0.05) is 18.2 Å². The van der Waals surface area contributed by atoms with Crippen molar-refractivity contribution in [2.24, 2.45) is 0 Å². The Bertz CT molecular complexity index is 901. The van der Waals surface area contributed by atoms with Crippen LogP contribution in [0.2, 0.25) is 0 Å². The van der Waals surface area contributed by atoms with E-state index in [2.05, 4.69) is 20.8 Å². The van der Waals surface area contributed by atoms with Crippen LogP contribution >= 0.6 is 11.8 Å². The number of carbonyl (C=O) groups is 1. The third-order valence-electron chi connectivity index (χ3n) is 3.68. The van der Waals surface area contributed by atoms with Crippen LogP contribution in [-0.4, -0.2) is 46.1 Å². The van der Waals surface area contributed by atoms with E-state index in [1.807, 2.05) is 30.3 Å². The van der Waals surface area contributed by atoms with Crippen LogP contribution in [0, 0.1) is 0 Å². The Morgan fingerprint density at radius 1 is 1.15 bits per heavy atom. The van der Waals surface area contributed by atoms with Gasteiger partial charge in [0.25, 0.3) is 0 Å². The van der Waals surface area contributed by atoms with Gasteiger partial charge in [0.05, 0.1) is 37.1 Å². The molecule has 0 radical (unpaired) electrons. The molecule has 27 heavy (non-hydrogen) atoms. The lowest BCUT2D eigenvalue weighted by molar-refractivity contribution is -0.113. The number of anilines is 1. The molecule has 1 aromatic heterocycles. The molecule has 0 aliphatic heterocycles. The van der Waals surface area contributed by atoms with Gasteiger partial charge >= 0.3 is 0 Å². The normalized spacial score (nSPS) is 10.4. The molecule has 9 heteroatoms. The minimum absolute atomic E-state index is 0.148. The fraction of sp³-hybridized carbons (Fsp3) is 0.222. The lowest BCUT2D eigenvalue weighted by Gasteiger charge is -2.11. The van der Waals surface area contributed by atoms with E-state index in [0.29, 0.717) is 28.8 Å². The van der Waals surface area contributed by atoms with Crippen LogP contribution in [0.15, 0.2) is 48.5 Å². The maximum absolute atomic E-state index is 12.3. The van der Waals surface area contributed by atoms with Gasteiger partial charge in [-0.2, -0.15) is 4.68 Å². The Labute approximate surface area is 160 Å². The number of thioether (sulfide) groups is 1. The Morgan fingerprint density at radius 3 is 2.70 bits per heavy atom. The van der Waals surface area contributed by atoms with Gasteiger partial charge < -0.3 is 14.8 Å². The fourth-order valence-electron chi connectivity index (χ4n) is 2.40. The van der Waals surface area contributed by atoms with Crippen molar-refractivity contribution in [1.82, 2.24) is 20.2 Å². The quantitative estimate of drug-likeness (QED) is 0.637. The molecule has 1 N–H and O–H groups in total. The molecule has 1 heterocycles. The molecule has 140 valence electrons. The topological polar surface area (TPSA) is 91.2 Å². The Kier molecular flexibility index (Phi) is 6.26. The number of aromatic nitrogens is 4. The van der Waals surface area contributed by atoms with Crippen LogP contribution in [0.4, 0.5) is 5.69 Å². The Balaban J connectivity index is 1.58. The fourth-order valence-corrected chi connectivity index (χ4v) is 3.12. The minimum atomic E-state index is -0.148. The van der Waals surface area contributed by atoms with E-state index in [-0.39, 0.29) is 11.7 Å². The minimum Gasteiger partial charge on any atom is -0.497 e. The second-order valence-corrected chi connectivity index (χ2v) is 6.44. The van der Waals surface area contributed by atoms with Crippen molar-refractivity contribution in [1.29, 1.82) is 0 Å². The van der Waals surface area contributed by atoms with Crippen molar-refractivity contribution in [2.45, 2.75) is 5.75 Å². The first-order valence-electron chi connectivity index (χ1n) is 8.13. The van der Waals surface area contributed by atoms with Crippen molar-refractivity contribution in [2.75, 3.05) is 25.3 Å². The van der Waals surface area contributed by atoms with Gasteiger partial charge in [-0.3, -0.25) is 4.79 Å². The number of carbonyl (C=O) groups excluding carboxylic acids is 1. The number of para-hydroxylation sites is 1. The molecule has 0 fully saturated rings. The number of rotatable bonds is 8. The zero-order chi connectivity index (χ0) is 19.1. The lowest BCUT2D eigenvalue weighted by Crippen LogP contribution is -2.15. The van der Waals surface area contributed by atoms with Crippen molar-refractivity contribution < 1.29 is 14.3 Å². The predicted octanol–water partition coefficient (Wildman–Crippen LogP) is 2.55. The summed E-state index contributed by atoms with van der Waals surface area (Å²) in [6.45, 7) is 0. The van der Waals surface area contributed by atoms with E-state index in [1.54, 1.807) is 37.1 Å². The molecule has 0 aliphatic rings. The summed E-state index contributed by atoms with van der Waals surface area (Å²) in [5.41, 5.74) is 1.44. The summed E-state index contributed by atoms with van der Waals surface area (Å²) in [6.07, 6.45) is 0. The monoisotopic (exact) mass is 385 g/mol. The number of nitrogens with zero attached hydrogens (tertiary/aromatic N) is 4. The van der Waals surface area contributed by atoms with E-state index in [9.17, 15) is 4.79 Å². The zero-order valence-corrected chi connectivity index (χ0v) is 15.8. The van der Waals surface area contributed by atoms with Crippen LogP contribution in [0.3, 0.4) is 0 Å². The second kappa shape index (κ2) is 9.04. The average molecular weight is 385 g/mol. The summed E-state index contributed by atoms with van der Waals surface area (Å²) in [6, 6.07) is 14.9.